The van der Waals surface area contributed by atoms with Crippen molar-refractivity contribution in [3.63, 3.8) is 0 Å². The van der Waals surface area contributed by atoms with Gasteiger partial charge in [0.1, 0.15) is 13.2 Å². The summed E-state index contributed by atoms with van der Waals surface area (Å²) in [7, 11) is 0. The minimum Gasteiger partial charge on any atom is -0.462 e. The van der Waals surface area contributed by atoms with Gasteiger partial charge in [-0.25, -0.2) is 0 Å². The fourth-order valence-electron chi connectivity index (χ4n) is 7.03. The first-order valence-electron chi connectivity index (χ1n) is 27.7. The van der Waals surface area contributed by atoms with Crippen molar-refractivity contribution < 1.29 is 28.6 Å². The van der Waals surface area contributed by atoms with Crippen LogP contribution < -0.4 is 0 Å². The zero-order valence-corrected chi connectivity index (χ0v) is 44.3. The summed E-state index contributed by atoms with van der Waals surface area (Å²) in [6.45, 7) is 6.31. The van der Waals surface area contributed by atoms with Crippen LogP contribution in [0.25, 0.3) is 0 Å². The van der Waals surface area contributed by atoms with E-state index in [1.807, 2.05) is 0 Å². The second-order valence-corrected chi connectivity index (χ2v) is 17.7. The van der Waals surface area contributed by atoms with Crippen molar-refractivity contribution in [2.24, 2.45) is 0 Å². The van der Waals surface area contributed by atoms with E-state index in [0.717, 1.165) is 109 Å². The molecule has 0 bridgehead atoms. The molecule has 0 aliphatic heterocycles. The summed E-state index contributed by atoms with van der Waals surface area (Å²) in [5, 5.41) is 0. The third kappa shape index (κ3) is 54.4. The van der Waals surface area contributed by atoms with E-state index in [1.165, 1.54) is 64.2 Å². The molecular formula is C63H100O6. The van der Waals surface area contributed by atoms with Gasteiger partial charge in [0.25, 0.3) is 0 Å². The summed E-state index contributed by atoms with van der Waals surface area (Å²) in [5.74, 6) is -1.02. The molecule has 0 amide bonds. The average molecular weight is 953 g/mol. The molecule has 0 aliphatic carbocycles. The van der Waals surface area contributed by atoms with Gasteiger partial charge >= 0.3 is 17.9 Å². The summed E-state index contributed by atoms with van der Waals surface area (Å²) < 4.78 is 16.8. The lowest BCUT2D eigenvalue weighted by Gasteiger charge is -2.18. The topological polar surface area (TPSA) is 78.9 Å². The molecular weight excluding hydrogens is 853 g/mol. The molecule has 0 unspecified atom stereocenters. The van der Waals surface area contributed by atoms with Gasteiger partial charge < -0.3 is 14.2 Å². The Morgan fingerprint density at radius 1 is 0.304 bits per heavy atom. The van der Waals surface area contributed by atoms with Crippen LogP contribution in [0.5, 0.6) is 0 Å². The van der Waals surface area contributed by atoms with E-state index in [2.05, 4.69) is 154 Å². The molecule has 388 valence electrons. The number of carbonyl (C=O) groups excluding carboxylic acids is 3. The van der Waals surface area contributed by atoms with Crippen LogP contribution in [-0.4, -0.2) is 37.2 Å². The van der Waals surface area contributed by atoms with Crippen LogP contribution >= 0.6 is 0 Å². The normalized spacial score (nSPS) is 13.1. The van der Waals surface area contributed by atoms with Gasteiger partial charge in [0.05, 0.1) is 0 Å². The summed E-state index contributed by atoms with van der Waals surface area (Å²) in [6.07, 6.45) is 78.7. The maximum Gasteiger partial charge on any atom is 0.306 e. The van der Waals surface area contributed by atoms with Gasteiger partial charge in [0.2, 0.25) is 0 Å². The Morgan fingerprint density at radius 2 is 0.580 bits per heavy atom. The van der Waals surface area contributed by atoms with Gasteiger partial charge in [-0.15, -0.1) is 0 Å². The summed E-state index contributed by atoms with van der Waals surface area (Å²) in [6, 6.07) is 0. The molecule has 0 saturated carbocycles. The van der Waals surface area contributed by atoms with E-state index in [1.54, 1.807) is 0 Å². The lowest BCUT2D eigenvalue weighted by Crippen LogP contribution is -2.30. The van der Waals surface area contributed by atoms with Crippen molar-refractivity contribution in [3.8, 4) is 0 Å². The second-order valence-electron chi connectivity index (χ2n) is 17.7. The lowest BCUT2D eigenvalue weighted by atomic mass is 10.1. The SMILES string of the molecule is CC/C=C\C/C=C\C/C=C\C/C=C\C/C=C\CCCCCC(=O)O[C@H](COC(=O)CCC/C=C\C/C=C\C/C=C\C/C=C\C/C=C\CC)COC(=O)CCCCCCCCC/C=C\CCCCCC. The Labute approximate surface area is 424 Å². The average Bonchev–Trinajstić information content (AvgIpc) is 3.35. The van der Waals surface area contributed by atoms with Crippen LogP contribution in [0.4, 0.5) is 0 Å². The molecule has 0 aliphatic rings. The van der Waals surface area contributed by atoms with Crippen LogP contribution in [0, 0.1) is 0 Å². The Kier molecular flexibility index (Phi) is 52.5. The van der Waals surface area contributed by atoms with Crippen molar-refractivity contribution in [1.82, 2.24) is 0 Å². The summed E-state index contributed by atoms with van der Waals surface area (Å²) >= 11 is 0. The van der Waals surface area contributed by atoms with Crippen LogP contribution in [-0.2, 0) is 28.6 Å². The minimum atomic E-state index is -0.825. The summed E-state index contributed by atoms with van der Waals surface area (Å²) in [4.78, 5) is 38.1. The van der Waals surface area contributed by atoms with Gasteiger partial charge in [-0.05, 0) is 128 Å². The first kappa shape index (κ1) is 64.5. The predicted octanol–water partition coefficient (Wildman–Crippen LogP) is 18.6. The first-order chi connectivity index (χ1) is 34.0. The number of hydrogen-bond acceptors (Lipinski definition) is 6. The van der Waals surface area contributed by atoms with E-state index in [4.69, 9.17) is 14.2 Å². The molecule has 69 heavy (non-hydrogen) atoms. The molecule has 0 rings (SSSR count). The number of rotatable bonds is 48. The van der Waals surface area contributed by atoms with Crippen molar-refractivity contribution in [2.75, 3.05) is 13.2 Å². The Balaban J connectivity index is 4.57. The number of ether oxygens (including phenoxy) is 3. The highest BCUT2D eigenvalue weighted by Crippen LogP contribution is 2.13. The zero-order valence-electron chi connectivity index (χ0n) is 44.3. The van der Waals surface area contributed by atoms with E-state index >= 15 is 0 Å². The molecule has 0 fully saturated rings. The van der Waals surface area contributed by atoms with Gasteiger partial charge in [0, 0.05) is 19.3 Å². The molecule has 1 atom stereocenters. The third-order valence-electron chi connectivity index (χ3n) is 11.1. The van der Waals surface area contributed by atoms with E-state index in [9.17, 15) is 14.4 Å². The Bertz CT molecular complexity index is 1510. The second kappa shape index (κ2) is 56.1. The molecule has 0 aromatic rings. The number of esters is 3. The van der Waals surface area contributed by atoms with Crippen LogP contribution in [0.1, 0.15) is 226 Å². The van der Waals surface area contributed by atoms with Crippen LogP contribution in [0.3, 0.4) is 0 Å². The Hall–Kier alpha value is -4.45. The number of unbranched alkanes of at least 4 members (excludes halogenated alkanes) is 15. The fraction of sp³-hybridized carbons (Fsp3) is 0.603. The van der Waals surface area contributed by atoms with Crippen molar-refractivity contribution in [2.45, 2.75) is 232 Å². The van der Waals surface area contributed by atoms with Crippen molar-refractivity contribution >= 4 is 17.9 Å². The van der Waals surface area contributed by atoms with Crippen molar-refractivity contribution in [3.05, 3.63) is 134 Å². The standard InChI is InChI=1S/C63H100O6/c1-4-7-10-13-16-19-22-25-28-30-31-33-36-39-42-45-48-51-54-57-63(66)69-60(58-67-61(64)55-52-49-46-43-40-37-34-27-24-21-18-15-12-9-6-3)59-68-62(65)56-53-50-47-44-41-38-35-32-29-26-23-20-17-14-11-8-5-2/h7-8,10-11,16-17,19-21,24-26,28-29,31,33,35,38-39,42,44,47,60H,4-6,9,12-15,18,22-23,27,30,32,34,36-37,40-41,43,45-46,48-59H2,1-3H3/b10-7-,11-8-,19-16-,20-17-,24-21-,28-25-,29-26-,33-31-,38-35-,42-39-,47-44-/t60-/m0/s1. The van der Waals surface area contributed by atoms with E-state index in [-0.39, 0.29) is 44.0 Å². The minimum absolute atomic E-state index is 0.116. The first-order valence-corrected chi connectivity index (χ1v) is 27.7. The number of hydrogen-bond donors (Lipinski definition) is 0. The molecule has 0 aromatic carbocycles. The van der Waals surface area contributed by atoms with Crippen LogP contribution in [0.15, 0.2) is 134 Å². The molecule has 0 saturated heterocycles. The number of carbonyl (C=O) groups is 3. The summed E-state index contributed by atoms with van der Waals surface area (Å²) in [5.41, 5.74) is 0. The molecule has 0 aromatic heterocycles. The van der Waals surface area contributed by atoms with Crippen LogP contribution in [0.2, 0.25) is 0 Å². The van der Waals surface area contributed by atoms with E-state index in [0.29, 0.717) is 19.3 Å². The molecule has 0 N–H and O–H groups in total. The lowest BCUT2D eigenvalue weighted by molar-refractivity contribution is -0.167. The quantitative estimate of drug-likeness (QED) is 0.0262. The largest absolute Gasteiger partial charge is 0.462 e. The Morgan fingerprint density at radius 3 is 0.971 bits per heavy atom. The number of allylic oxidation sites excluding steroid dienone is 22. The molecule has 0 heterocycles. The van der Waals surface area contributed by atoms with Gasteiger partial charge in [-0.3, -0.25) is 14.4 Å². The molecule has 6 heteroatoms. The van der Waals surface area contributed by atoms with Gasteiger partial charge in [-0.1, -0.05) is 212 Å². The smallest absolute Gasteiger partial charge is 0.306 e. The van der Waals surface area contributed by atoms with E-state index < -0.39 is 6.10 Å². The highest BCUT2D eigenvalue weighted by Gasteiger charge is 2.19. The molecule has 0 radical (unpaired) electrons. The monoisotopic (exact) mass is 953 g/mol. The van der Waals surface area contributed by atoms with Gasteiger partial charge in [-0.2, -0.15) is 0 Å². The van der Waals surface area contributed by atoms with Gasteiger partial charge in [0.15, 0.2) is 6.10 Å². The maximum atomic E-state index is 12.8. The zero-order chi connectivity index (χ0) is 50.0. The molecule has 6 nitrogen and oxygen atoms in total. The fourth-order valence-corrected chi connectivity index (χ4v) is 7.03. The molecule has 0 spiro atoms. The maximum absolute atomic E-state index is 12.8. The highest BCUT2D eigenvalue weighted by molar-refractivity contribution is 5.71. The highest BCUT2D eigenvalue weighted by atomic mass is 16.6. The third-order valence-corrected chi connectivity index (χ3v) is 11.1. The van der Waals surface area contributed by atoms with Crippen molar-refractivity contribution in [1.29, 1.82) is 0 Å². The predicted molar refractivity (Wildman–Crippen MR) is 297 cm³/mol.